The Balaban J connectivity index is 1.34. The van der Waals surface area contributed by atoms with Gasteiger partial charge in [0.25, 0.3) is 6.47 Å². The normalized spacial score (nSPS) is 18.6. The van der Waals surface area contributed by atoms with Crippen molar-refractivity contribution in [2.75, 3.05) is 0 Å². The molecule has 4 nitrogen and oxygen atoms in total. The van der Waals surface area contributed by atoms with Crippen molar-refractivity contribution in [3.8, 4) is 11.1 Å². The van der Waals surface area contributed by atoms with Gasteiger partial charge >= 0.3 is 5.97 Å². The highest BCUT2D eigenvalue weighted by atomic mass is 35.5. The lowest BCUT2D eigenvalue weighted by Crippen LogP contribution is -2.21. The molecule has 0 amide bonds. The Morgan fingerprint density at radius 2 is 1.76 bits per heavy atom. The second kappa shape index (κ2) is 8.87. The van der Waals surface area contributed by atoms with Crippen molar-refractivity contribution >= 4 is 24.0 Å². The Bertz CT molecular complexity index is 1250. The highest BCUT2D eigenvalue weighted by Gasteiger charge is 2.34. The SMILES string of the molecule is C=C(Cc1cccc2c1C(OC=O)c1ccccc1-2)C(=O)OC(Cl)C1CCc2ccccc21. The number of esters is 1. The van der Waals surface area contributed by atoms with Gasteiger partial charge in [-0.1, -0.05) is 84.9 Å². The average Bonchev–Trinajstić information content (AvgIpc) is 3.40. The van der Waals surface area contributed by atoms with Crippen molar-refractivity contribution in [3.05, 3.63) is 107 Å². The Hall–Kier alpha value is -3.37. The molecule has 166 valence electrons. The molecule has 33 heavy (non-hydrogen) atoms. The van der Waals surface area contributed by atoms with E-state index in [0.29, 0.717) is 12.0 Å². The van der Waals surface area contributed by atoms with Crippen LogP contribution in [0.4, 0.5) is 0 Å². The summed E-state index contributed by atoms with van der Waals surface area (Å²) < 4.78 is 11.1. The van der Waals surface area contributed by atoms with Crippen molar-refractivity contribution in [1.29, 1.82) is 0 Å². The van der Waals surface area contributed by atoms with E-state index in [1.165, 1.54) is 5.56 Å². The van der Waals surface area contributed by atoms with Gasteiger partial charge in [-0.25, -0.2) is 4.79 Å². The van der Waals surface area contributed by atoms with Gasteiger partial charge in [0, 0.05) is 29.0 Å². The molecule has 0 saturated heterocycles. The average molecular weight is 459 g/mol. The molecule has 0 aromatic heterocycles. The molecule has 3 aromatic carbocycles. The van der Waals surface area contributed by atoms with Crippen LogP contribution in [0.25, 0.3) is 11.1 Å². The maximum absolute atomic E-state index is 12.9. The smallest absolute Gasteiger partial charge is 0.335 e. The zero-order valence-electron chi connectivity index (χ0n) is 18.0. The molecule has 5 heteroatoms. The highest BCUT2D eigenvalue weighted by Crippen LogP contribution is 2.47. The quantitative estimate of drug-likeness (QED) is 0.192. The third-order valence-corrected chi connectivity index (χ3v) is 6.98. The molecule has 0 saturated carbocycles. The van der Waals surface area contributed by atoms with Crippen molar-refractivity contribution < 1.29 is 19.1 Å². The number of hydrogen-bond donors (Lipinski definition) is 0. The fourth-order valence-corrected chi connectivity index (χ4v) is 5.41. The molecule has 3 atom stereocenters. The molecule has 2 aliphatic rings. The number of fused-ring (bicyclic) bond motifs is 4. The maximum atomic E-state index is 12.9. The highest BCUT2D eigenvalue weighted by molar-refractivity contribution is 6.21. The van der Waals surface area contributed by atoms with Gasteiger partial charge in [-0.2, -0.15) is 0 Å². The lowest BCUT2D eigenvalue weighted by Gasteiger charge is -2.20. The number of rotatable bonds is 7. The summed E-state index contributed by atoms with van der Waals surface area (Å²) in [6.07, 6.45) is 1.55. The molecule has 0 aliphatic heterocycles. The molecular weight excluding hydrogens is 436 g/mol. The zero-order chi connectivity index (χ0) is 22.9. The van der Waals surface area contributed by atoms with E-state index in [4.69, 9.17) is 21.1 Å². The van der Waals surface area contributed by atoms with Crippen LogP contribution < -0.4 is 0 Å². The van der Waals surface area contributed by atoms with Crippen LogP contribution in [0.1, 0.15) is 46.3 Å². The van der Waals surface area contributed by atoms with E-state index < -0.39 is 17.6 Å². The summed E-state index contributed by atoms with van der Waals surface area (Å²) in [7, 11) is 0. The third-order valence-electron chi connectivity index (χ3n) is 6.59. The van der Waals surface area contributed by atoms with Crippen LogP contribution in [0.5, 0.6) is 0 Å². The summed E-state index contributed by atoms with van der Waals surface area (Å²) in [5.74, 6) is -0.541. The number of hydrogen-bond acceptors (Lipinski definition) is 4. The molecule has 3 aromatic rings. The minimum Gasteiger partial charge on any atom is -0.455 e. The molecule has 3 unspecified atom stereocenters. The van der Waals surface area contributed by atoms with Gasteiger partial charge in [0.05, 0.1) is 0 Å². The van der Waals surface area contributed by atoms with Gasteiger partial charge in [-0.3, -0.25) is 4.79 Å². The predicted octanol–water partition coefficient (Wildman–Crippen LogP) is 5.87. The molecule has 0 N–H and O–H groups in total. The summed E-state index contributed by atoms with van der Waals surface area (Å²) in [5, 5.41) is 0. The van der Waals surface area contributed by atoms with Gasteiger partial charge < -0.3 is 9.47 Å². The molecule has 0 spiro atoms. The Morgan fingerprint density at radius 3 is 2.58 bits per heavy atom. The molecule has 0 heterocycles. The molecule has 2 aliphatic carbocycles. The van der Waals surface area contributed by atoms with Crippen molar-refractivity contribution in [2.45, 2.75) is 36.8 Å². The van der Waals surface area contributed by atoms with E-state index in [-0.39, 0.29) is 12.3 Å². The number of benzene rings is 3. The summed E-state index contributed by atoms with van der Waals surface area (Å²) in [6, 6.07) is 21.8. The topological polar surface area (TPSA) is 52.6 Å². The van der Waals surface area contributed by atoms with Crippen LogP contribution >= 0.6 is 11.6 Å². The molecule has 0 bridgehead atoms. The van der Waals surface area contributed by atoms with Crippen LogP contribution in [-0.2, 0) is 31.9 Å². The Labute approximate surface area is 197 Å². The third kappa shape index (κ3) is 3.85. The predicted molar refractivity (Wildman–Crippen MR) is 127 cm³/mol. The van der Waals surface area contributed by atoms with E-state index in [2.05, 4.69) is 12.6 Å². The number of aryl methyl sites for hydroxylation is 1. The van der Waals surface area contributed by atoms with E-state index in [1.54, 1.807) is 0 Å². The fraction of sp³-hybridized carbons (Fsp3) is 0.214. The number of halogens is 1. The minimum absolute atomic E-state index is 0.0274. The first-order valence-corrected chi connectivity index (χ1v) is 11.4. The first kappa shape index (κ1) is 21.5. The van der Waals surface area contributed by atoms with Gasteiger partial charge in [0.2, 0.25) is 0 Å². The number of alkyl halides is 1. The monoisotopic (exact) mass is 458 g/mol. The van der Waals surface area contributed by atoms with E-state index in [0.717, 1.165) is 46.2 Å². The van der Waals surface area contributed by atoms with E-state index in [1.807, 2.05) is 60.7 Å². The van der Waals surface area contributed by atoms with Crippen LogP contribution in [0, 0.1) is 0 Å². The summed E-state index contributed by atoms with van der Waals surface area (Å²) in [6.45, 7) is 4.44. The number of carbonyl (C=O) groups excluding carboxylic acids is 2. The summed E-state index contributed by atoms with van der Waals surface area (Å²) >= 11 is 6.53. The maximum Gasteiger partial charge on any atom is 0.335 e. The van der Waals surface area contributed by atoms with Crippen LogP contribution in [0.3, 0.4) is 0 Å². The Morgan fingerprint density at radius 1 is 1.03 bits per heavy atom. The lowest BCUT2D eigenvalue weighted by molar-refractivity contribution is -0.141. The van der Waals surface area contributed by atoms with E-state index in [9.17, 15) is 9.59 Å². The Kier molecular flexibility index (Phi) is 5.77. The summed E-state index contributed by atoms with van der Waals surface area (Å²) in [5.41, 5.74) is 6.65. The van der Waals surface area contributed by atoms with Crippen molar-refractivity contribution in [3.63, 3.8) is 0 Å². The molecule has 0 fully saturated rings. The van der Waals surface area contributed by atoms with Crippen LogP contribution in [-0.4, -0.2) is 18.0 Å². The largest absolute Gasteiger partial charge is 0.455 e. The van der Waals surface area contributed by atoms with Crippen molar-refractivity contribution in [2.24, 2.45) is 0 Å². The van der Waals surface area contributed by atoms with Crippen LogP contribution in [0.2, 0.25) is 0 Å². The lowest BCUT2D eigenvalue weighted by atomic mass is 9.95. The zero-order valence-corrected chi connectivity index (χ0v) is 18.8. The van der Waals surface area contributed by atoms with Gasteiger partial charge in [-0.15, -0.1) is 0 Å². The van der Waals surface area contributed by atoms with Crippen LogP contribution in [0.15, 0.2) is 78.9 Å². The van der Waals surface area contributed by atoms with Gasteiger partial charge in [0.15, 0.2) is 11.7 Å². The summed E-state index contributed by atoms with van der Waals surface area (Å²) in [4.78, 5) is 24.1. The second-order valence-corrected chi connectivity index (χ2v) is 8.89. The fourth-order valence-electron chi connectivity index (χ4n) is 5.07. The molecule has 5 rings (SSSR count). The van der Waals surface area contributed by atoms with Gasteiger partial charge in [0.1, 0.15) is 0 Å². The first-order chi connectivity index (χ1) is 16.1. The second-order valence-electron chi connectivity index (χ2n) is 8.46. The number of ether oxygens (including phenoxy) is 2. The van der Waals surface area contributed by atoms with Gasteiger partial charge in [-0.05, 0) is 40.7 Å². The molecular formula is C28H23ClO4. The minimum atomic E-state index is -0.755. The van der Waals surface area contributed by atoms with E-state index >= 15 is 0 Å². The number of carbonyl (C=O) groups is 2. The van der Waals surface area contributed by atoms with Crippen molar-refractivity contribution in [1.82, 2.24) is 0 Å². The molecule has 0 radical (unpaired) electrons. The standard InChI is InChI=1S/C28H23ClO4/c1-17(28(31)33-27(29)24-14-13-18-7-2-3-9-20(18)24)15-19-8-6-12-22-21-10-4-5-11-23(21)26(25(19)22)32-16-30/h2-12,16,24,26-27H,1,13-15H2. The first-order valence-electron chi connectivity index (χ1n) is 11.0.